The van der Waals surface area contributed by atoms with E-state index < -0.39 is 0 Å². The molecule has 0 aliphatic heterocycles. The Morgan fingerprint density at radius 2 is 0.746 bits per heavy atom. The van der Waals surface area contributed by atoms with Crippen molar-refractivity contribution in [2.75, 3.05) is 13.2 Å². The number of ether oxygens (including phenoxy) is 1. The highest BCUT2D eigenvalue weighted by atomic mass is 16.5. The second-order valence-corrected chi connectivity index (χ2v) is 23.0. The molecular formula is C66H94N4O. The third-order valence-corrected chi connectivity index (χ3v) is 18.6. The first-order valence-electron chi connectivity index (χ1n) is 29.8. The van der Waals surface area contributed by atoms with E-state index in [0.29, 0.717) is 47.3 Å². The smallest absolute Gasteiger partial charge is 0.101 e. The Kier molecular flexibility index (Phi) is 24.3. The van der Waals surface area contributed by atoms with Crippen LogP contribution in [0.2, 0.25) is 0 Å². The van der Waals surface area contributed by atoms with Crippen molar-refractivity contribution in [3.05, 3.63) is 80.9 Å². The van der Waals surface area contributed by atoms with Crippen molar-refractivity contribution in [1.29, 1.82) is 21.0 Å². The Labute approximate surface area is 433 Å². The van der Waals surface area contributed by atoms with Crippen molar-refractivity contribution in [2.24, 2.45) is 47.3 Å². The summed E-state index contributed by atoms with van der Waals surface area (Å²) in [6.07, 6.45) is 44.1. The summed E-state index contributed by atoms with van der Waals surface area (Å²) in [6.45, 7) is 9.83. The van der Waals surface area contributed by atoms with Crippen molar-refractivity contribution in [2.45, 2.75) is 233 Å². The lowest BCUT2D eigenvalue weighted by molar-refractivity contribution is 0.152. The van der Waals surface area contributed by atoms with Crippen molar-refractivity contribution in [1.82, 2.24) is 0 Å². The Balaban J connectivity index is 1.22. The maximum Gasteiger partial charge on any atom is 0.101 e. The van der Waals surface area contributed by atoms with Gasteiger partial charge in [0.25, 0.3) is 0 Å². The maximum absolute atomic E-state index is 10.8. The second-order valence-electron chi connectivity index (χ2n) is 23.0. The molecule has 0 heterocycles. The molecule has 5 nitrogen and oxygen atoms in total. The molecule has 0 N–H and O–H groups in total. The van der Waals surface area contributed by atoms with Gasteiger partial charge in [0, 0.05) is 0 Å². The fourth-order valence-electron chi connectivity index (χ4n) is 14.2. The van der Waals surface area contributed by atoms with E-state index in [1.807, 2.05) is 0 Å². The van der Waals surface area contributed by atoms with E-state index in [2.05, 4.69) is 88.4 Å². The minimum absolute atomic E-state index is 0.320. The minimum atomic E-state index is 0.320. The van der Waals surface area contributed by atoms with Crippen LogP contribution in [-0.4, -0.2) is 13.2 Å². The topological polar surface area (TPSA) is 104 Å². The average molecular weight is 960 g/mol. The molecule has 5 heteroatoms. The Hall–Kier alpha value is -4.16. The van der Waals surface area contributed by atoms with Gasteiger partial charge in [-0.25, -0.2) is 0 Å². The van der Waals surface area contributed by atoms with Gasteiger partial charge in [0.1, 0.15) is 24.3 Å². The number of allylic oxidation sites excluding steroid dienone is 2. The van der Waals surface area contributed by atoms with Crippen molar-refractivity contribution < 1.29 is 4.74 Å². The van der Waals surface area contributed by atoms with Crippen LogP contribution in [0.1, 0.15) is 265 Å². The summed E-state index contributed by atoms with van der Waals surface area (Å²) < 4.78 is 6.63. The van der Waals surface area contributed by atoms with Gasteiger partial charge in [0.05, 0.1) is 35.5 Å². The van der Waals surface area contributed by atoms with Crippen molar-refractivity contribution >= 4 is 11.1 Å². The van der Waals surface area contributed by atoms with Crippen LogP contribution in [0.4, 0.5) is 0 Å². The fourth-order valence-corrected chi connectivity index (χ4v) is 14.2. The van der Waals surface area contributed by atoms with Gasteiger partial charge in [-0.1, -0.05) is 167 Å². The molecular weight excluding hydrogens is 865 g/mol. The molecule has 0 unspecified atom stereocenters. The molecule has 4 aliphatic carbocycles. The standard InChI is InChI=1S/C66H94N4O/c1-5-9-13-17-49-21-25-51(26-22-49)53-29-33-57(34-30-53)59(61-39-37-55(19-15-11-7-3)63(45-67)65(61)47-69)41-43-71-44-42-60(62-40-38-56(20-16-12-8-4)64(46-68)66(62)48-70)58-35-31-54(32-36-58)52-27-23-50(24-28-52)18-14-10-6-2/h37-42,49-54,57-58H,5-36,43-44H2,1-4H3. The molecule has 0 atom stereocenters. The average Bonchev–Trinajstić information content (AvgIpc) is 3.41. The first-order chi connectivity index (χ1) is 34.9. The zero-order chi connectivity index (χ0) is 50.2. The number of unbranched alkanes of at least 4 members (excludes halogenated alkanes) is 8. The highest BCUT2D eigenvalue weighted by Gasteiger charge is 2.35. The van der Waals surface area contributed by atoms with Crippen LogP contribution in [0.15, 0.2) is 36.4 Å². The molecule has 384 valence electrons. The normalized spacial score (nSPS) is 25.2. The number of hydrogen-bond acceptors (Lipinski definition) is 5. The molecule has 0 amide bonds. The molecule has 6 rings (SSSR count). The predicted octanol–water partition coefficient (Wildman–Crippen LogP) is 18.5. The molecule has 4 aliphatic rings. The van der Waals surface area contributed by atoms with Crippen LogP contribution in [-0.2, 0) is 17.6 Å². The van der Waals surface area contributed by atoms with E-state index in [1.54, 1.807) is 0 Å². The van der Waals surface area contributed by atoms with Crippen LogP contribution in [0.3, 0.4) is 0 Å². The summed E-state index contributed by atoms with van der Waals surface area (Å²) in [7, 11) is 0. The number of benzene rings is 2. The molecule has 4 fully saturated rings. The van der Waals surface area contributed by atoms with E-state index in [9.17, 15) is 21.0 Å². The Bertz CT molecular complexity index is 2000. The van der Waals surface area contributed by atoms with Crippen LogP contribution in [0.5, 0.6) is 0 Å². The summed E-state index contributed by atoms with van der Waals surface area (Å²) in [5, 5.41) is 42.6. The summed E-state index contributed by atoms with van der Waals surface area (Å²) in [5.74, 6) is 5.75. The van der Waals surface area contributed by atoms with Gasteiger partial charge in [-0.2, -0.15) is 21.0 Å². The third-order valence-electron chi connectivity index (χ3n) is 18.6. The van der Waals surface area contributed by atoms with Crippen LogP contribution in [0, 0.1) is 92.7 Å². The van der Waals surface area contributed by atoms with E-state index in [0.717, 1.165) is 135 Å². The van der Waals surface area contributed by atoms with Crippen LogP contribution < -0.4 is 0 Å². The van der Waals surface area contributed by atoms with Crippen molar-refractivity contribution in [3.63, 3.8) is 0 Å². The molecule has 0 saturated heterocycles. The van der Waals surface area contributed by atoms with Gasteiger partial charge in [-0.3, -0.25) is 0 Å². The number of nitriles is 4. The summed E-state index contributed by atoms with van der Waals surface area (Å²) in [5.41, 5.74) is 8.35. The van der Waals surface area contributed by atoms with Crippen molar-refractivity contribution in [3.8, 4) is 24.3 Å². The number of nitrogens with zero attached hydrogens (tertiary/aromatic N) is 4. The third kappa shape index (κ3) is 15.9. The lowest BCUT2D eigenvalue weighted by atomic mass is 9.67. The summed E-state index contributed by atoms with van der Waals surface area (Å²) in [4.78, 5) is 0. The molecule has 2 aromatic rings. The molecule has 71 heavy (non-hydrogen) atoms. The zero-order valence-electron chi connectivity index (χ0n) is 45.3. The Morgan fingerprint density at radius 1 is 0.423 bits per heavy atom. The van der Waals surface area contributed by atoms with Gasteiger partial charge in [-0.05, 0) is 183 Å². The molecule has 0 radical (unpaired) electrons. The monoisotopic (exact) mass is 959 g/mol. The van der Waals surface area contributed by atoms with Gasteiger partial charge < -0.3 is 4.74 Å². The summed E-state index contributed by atoms with van der Waals surface area (Å²) in [6, 6.07) is 18.6. The molecule has 2 aromatic carbocycles. The van der Waals surface area contributed by atoms with Crippen LogP contribution in [0.25, 0.3) is 11.1 Å². The molecule has 4 saturated carbocycles. The first-order valence-corrected chi connectivity index (χ1v) is 29.8. The zero-order valence-corrected chi connectivity index (χ0v) is 45.3. The van der Waals surface area contributed by atoms with E-state index in [4.69, 9.17) is 4.74 Å². The lowest BCUT2D eigenvalue weighted by Crippen LogP contribution is -2.26. The Morgan fingerprint density at radius 3 is 1.07 bits per heavy atom. The van der Waals surface area contributed by atoms with Gasteiger partial charge in [0.15, 0.2) is 0 Å². The predicted molar refractivity (Wildman–Crippen MR) is 295 cm³/mol. The number of hydrogen-bond donors (Lipinski definition) is 0. The highest BCUT2D eigenvalue weighted by Crippen LogP contribution is 2.48. The van der Waals surface area contributed by atoms with Gasteiger partial charge >= 0.3 is 0 Å². The minimum Gasteiger partial charge on any atom is -0.373 e. The SMILES string of the molecule is CCCCCc1ccc(C(=CCOCC=C(c2ccc(CCCCC)c(C#N)c2C#N)C2CCC(C3CCC(CCCCC)CC3)CC2)C2CCC(C3CCC(CCCCC)CC3)CC2)c(C#N)c1C#N. The van der Waals surface area contributed by atoms with Gasteiger partial charge in [-0.15, -0.1) is 0 Å². The van der Waals surface area contributed by atoms with Crippen LogP contribution >= 0.6 is 0 Å². The number of aryl methyl sites for hydroxylation is 2. The van der Waals surface area contributed by atoms with E-state index >= 15 is 0 Å². The first kappa shape index (κ1) is 56.1. The van der Waals surface area contributed by atoms with E-state index in [-0.39, 0.29) is 0 Å². The van der Waals surface area contributed by atoms with E-state index in [1.165, 1.54) is 140 Å². The molecule has 0 bridgehead atoms. The highest BCUT2D eigenvalue weighted by molar-refractivity contribution is 5.77. The quantitative estimate of drug-likeness (QED) is 0.0874. The van der Waals surface area contributed by atoms with Gasteiger partial charge in [0.2, 0.25) is 0 Å². The number of rotatable bonds is 26. The summed E-state index contributed by atoms with van der Waals surface area (Å²) >= 11 is 0. The molecule has 0 aromatic heterocycles. The maximum atomic E-state index is 10.8. The lowest BCUT2D eigenvalue weighted by Gasteiger charge is -2.38. The second kappa shape index (κ2) is 30.8. The largest absolute Gasteiger partial charge is 0.373 e. The fraction of sp³-hybridized carbons (Fsp3) is 0.697. The molecule has 0 spiro atoms.